The maximum absolute atomic E-state index is 11.0. The van der Waals surface area contributed by atoms with Gasteiger partial charge >= 0.3 is 5.97 Å². The molecular weight excluding hydrogens is 294 g/mol. The molecule has 0 aliphatic rings. The van der Waals surface area contributed by atoms with Gasteiger partial charge in [0.25, 0.3) is 0 Å². The van der Waals surface area contributed by atoms with Crippen molar-refractivity contribution in [1.82, 2.24) is 9.97 Å². The van der Waals surface area contributed by atoms with Crippen LogP contribution in [-0.2, 0) is 9.53 Å². The van der Waals surface area contributed by atoms with Gasteiger partial charge in [-0.3, -0.25) is 4.79 Å². The minimum Gasteiger partial charge on any atom is -0.468 e. The van der Waals surface area contributed by atoms with Crippen LogP contribution in [0, 0.1) is 0 Å². The molecule has 5 nitrogen and oxygen atoms in total. The fourth-order valence-electron chi connectivity index (χ4n) is 0.931. The van der Waals surface area contributed by atoms with Crippen molar-refractivity contribution in [2.45, 2.75) is 11.9 Å². The van der Waals surface area contributed by atoms with E-state index in [-0.39, 0.29) is 11.7 Å². The molecule has 0 saturated carbocycles. The third-order valence-corrected chi connectivity index (χ3v) is 3.63. The third kappa shape index (κ3) is 3.64. The number of hydrogen-bond acceptors (Lipinski definition) is 6. The van der Waals surface area contributed by atoms with Crippen LogP contribution >= 0.6 is 27.7 Å². The van der Waals surface area contributed by atoms with Gasteiger partial charge in [-0.25, -0.2) is 9.97 Å². The largest absolute Gasteiger partial charge is 0.468 e. The maximum atomic E-state index is 11.0. The number of nitrogens with one attached hydrogen (secondary N) is 1. The zero-order chi connectivity index (χ0) is 12.0. The average Bonchev–Trinajstić information content (AvgIpc) is 2.30. The zero-order valence-corrected chi connectivity index (χ0v) is 11.4. The second kappa shape index (κ2) is 6.70. The highest BCUT2D eigenvalue weighted by Gasteiger charge is 2.10. The molecule has 0 atom stereocenters. The van der Waals surface area contributed by atoms with E-state index in [9.17, 15) is 4.79 Å². The topological polar surface area (TPSA) is 64.1 Å². The van der Waals surface area contributed by atoms with Gasteiger partial charge in [-0.05, 0) is 22.9 Å². The zero-order valence-electron chi connectivity index (χ0n) is 8.99. The summed E-state index contributed by atoms with van der Waals surface area (Å²) in [6.45, 7) is 2.76. The summed E-state index contributed by atoms with van der Waals surface area (Å²) in [5.74, 6) is 0.683. The van der Waals surface area contributed by atoms with E-state index in [1.165, 1.54) is 25.2 Å². The molecule has 1 aromatic rings. The van der Waals surface area contributed by atoms with Crippen LogP contribution in [0.1, 0.15) is 6.92 Å². The highest BCUT2D eigenvalue weighted by molar-refractivity contribution is 9.10. The van der Waals surface area contributed by atoms with Crippen molar-refractivity contribution in [1.29, 1.82) is 0 Å². The van der Waals surface area contributed by atoms with Crippen molar-refractivity contribution in [3.63, 3.8) is 0 Å². The van der Waals surface area contributed by atoms with Gasteiger partial charge in [0.15, 0.2) is 0 Å². The van der Waals surface area contributed by atoms with Crippen molar-refractivity contribution in [3.05, 3.63) is 10.8 Å². The second-order valence-corrected chi connectivity index (χ2v) is 4.49. The number of esters is 1. The van der Waals surface area contributed by atoms with Crippen LogP contribution in [0.15, 0.2) is 15.8 Å². The Bertz CT molecular complexity index is 376. The minimum absolute atomic E-state index is 0.234. The highest BCUT2D eigenvalue weighted by Crippen LogP contribution is 2.29. The lowest BCUT2D eigenvalue weighted by Gasteiger charge is -2.07. The predicted octanol–water partition coefficient (Wildman–Crippen LogP) is 1.94. The summed E-state index contributed by atoms with van der Waals surface area (Å²) >= 11 is 4.70. The van der Waals surface area contributed by atoms with Crippen LogP contribution < -0.4 is 5.32 Å². The van der Waals surface area contributed by atoms with Gasteiger partial charge < -0.3 is 10.1 Å². The third-order valence-electron chi connectivity index (χ3n) is 1.66. The number of anilines is 1. The molecule has 0 aromatic carbocycles. The first-order chi connectivity index (χ1) is 7.69. The number of ether oxygens (including phenoxy) is 1. The summed E-state index contributed by atoms with van der Waals surface area (Å²) in [4.78, 5) is 19.2. The van der Waals surface area contributed by atoms with Crippen molar-refractivity contribution in [2.24, 2.45) is 0 Å². The molecule has 0 radical (unpaired) electrons. The standard InChI is InChI=1S/C9H12BrN3O2S/c1-3-11-8-7(10)9(13-5-12-8)16-4-6(14)15-2/h5H,3-4H2,1-2H3,(H,11,12,13). The predicted molar refractivity (Wildman–Crippen MR) is 66.6 cm³/mol. The first kappa shape index (κ1) is 13.2. The molecule has 1 aromatic heterocycles. The fraction of sp³-hybridized carbons (Fsp3) is 0.444. The number of carbonyl (C=O) groups excluding carboxylic acids is 1. The Labute approximate surface area is 107 Å². The van der Waals surface area contributed by atoms with E-state index in [0.29, 0.717) is 0 Å². The Hall–Kier alpha value is -0.820. The lowest BCUT2D eigenvalue weighted by atomic mass is 10.5. The Morgan fingerprint density at radius 1 is 1.62 bits per heavy atom. The monoisotopic (exact) mass is 305 g/mol. The molecule has 0 bridgehead atoms. The van der Waals surface area contributed by atoms with Gasteiger partial charge in [0.05, 0.1) is 17.3 Å². The molecule has 0 amide bonds. The van der Waals surface area contributed by atoms with E-state index in [4.69, 9.17) is 0 Å². The highest BCUT2D eigenvalue weighted by atomic mass is 79.9. The molecule has 88 valence electrons. The van der Waals surface area contributed by atoms with Crippen molar-refractivity contribution in [3.8, 4) is 0 Å². The SMILES string of the molecule is CCNc1ncnc(SCC(=O)OC)c1Br. The number of methoxy groups -OCH3 is 1. The number of halogens is 1. The van der Waals surface area contributed by atoms with Crippen molar-refractivity contribution >= 4 is 39.5 Å². The fourth-order valence-corrected chi connectivity index (χ4v) is 2.34. The second-order valence-electron chi connectivity index (χ2n) is 2.74. The van der Waals surface area contributed by atoms with Crippen LogP contribution in [0.25, 0.3) is 0 Å². The molecule has 16 heavy (non-hydrogen) atoms. The molecular formula is C9H12BrN3O2S. The molecule has 0 fully saturated rings. The molecule has 1 N–H and O–H groups in total. The summed E-state index contributed by atoms with van der Waals surface area (Å²) in [6, 6.07) is 0. The Morgan fingerprint density at radius 3 is 3.00 bits per heavy atom. The Balaban J connectivity index is 2.72. The van der Waals surface area contributed by atoms with Crippen LogP contribution in [0.2, 0.25) is 0 Å². The number of hydrogen-bond donors (Lipinski definition) is 1. The Kier molecular flexibility index (Phi) is 5.54. The molecule has 0 spiro atoms. The molecule has 0 saturated heterocycles. The van der Waals surface area contributed by atoms with E-state index in [0.717, 1.165) is 21.9 Å². The quantitative estimate of drug-likeness (QED) is 0.509. The van der Waals surface area contributed by atoms with Crippen LogP contribution in [-0.4, -0.2) is 35.3 Å². The summed E-state index contributed by atoms with van der Waals surface area (Å²) in [7, 11) is 1.36. The first-order valence-electron chi connectivity index (χ1n) is 4.63. The average molecular weight is 306 g/mol. The van der Waals surface area contributed by atoms with Crippen molar-refractivity contribution < 1.29 is 9.53 Å². The van der Waals surface area contributed by atoms with E-state index in [2.05, 4.69) is 36.0 Å². The molecule has 1 rings (SSSR count). The number of thioether (sulfide) groups is 1. The first-order valence-corrected chi connectivity index (χ1v) is 6.40. The van der Waals surface area contributed by atoms with Gasteiger partial charge in [-0.2, -0.15) is 0 Å². The molecule has 0 aliphatic carbocycles. The van der Waals surface area contributed by atoms with E-state index < -0.39 is 0 Å². The van der Waals surface area contributed by atoms with E-state index >= 15 is 0 Å². The van der Waals surface area contributed by atoms with Gasteiger partial charge in [0.2, 0.25) is 0 Å². The lowest BCUT2D eigenvalue weighted by Crippen LogP contribution is -2.05. The summed E-state index contributed by atoms with van der Waals surface area (Å²) < 4.78 is 5.32. The minimum atomic E-state index is -0.277. The number of rotatable bonds is 5. The van der Waals surface area contributed by atoms with Gasteiger partial charge in [0, 0.05) is 6.54 Å². The van der Waals surface area contributed by atoms with E-state index in [1.54, 1.807) is 0 Å². The summed E-state index contributed by atoms with van der Waals surface area (Å²) in [6.07, 6.45) is 1.46. The van der Waals surface area contributed by atoms with Crippen LogP contribution in [0.4, 0.5) is 5.82 Å². The summed E-state index contributed by atoms with van der Waals surface area (Å²) in [5, 5.41) is 3.81. The number of aromatic nitrogens is 2. The maximum Gasteiger partial charge on any atom is 0.316 e. The van der Waals surface area contributed by atoms with Gasteiger partial charge in [-0.15, -0.1) is 0 Å². The summed E-state index contributed by atoms with van der Waals surface area (Å²) in [5.41, 5.74) is 0. The number of nitrogens with zero attached hydrogens (tertiary/aromatic N) is 2. The Morgan fingerprint density at radius 2 is 2.38 bits per heavy atom. The smallest absolute Gasteiger partial charge is 0.316 e. The number of carbonyl (C=O) groups is 1. The lowest BCUT2D eigenvalue weighted by molar-refractivity contribution is -0.137. The molecule has 7 heteroatoms. The molecule has 1 heterocycles. The van der Waals surface area contributed by atoms with E-state index in [1.807, 2.05) is 6.92 Å². The van der Waals surface area contributed by atoms with Gasteiger partial charge in [0.1, 0.15) is 17.2 Å². The molecule has 0 aliphatic heterocycles. The van der Waals surface area contributed by atoms with Crippen LogP contribution in [0.3, 0.4) is 0 Å². The van der Waals surface area contributed by atoms with Crippen molar-refractivity contribution in [2.75, 3.05) is 24.7 Å². The normalized spacial score (nSPS) is 9.94. The van der Waals surface area contributed by atoms with Crippen LogP contribution in [0.5, 0.6) is 0 Å². The molecule has 0 unspecified atom stereocenters. The van der Waals surface area contributed by atoms with Gasteiger partial charge in [-0.1, -0.05) is 11.8 Å².